The van der Waals surface area contributed by atoms with Crippen molar-refractivity contribution in [1.29, 1.82) is 0 Å². The molecule has 0 unspecified atom stereocenters. The lowest BCUT2D eigenvalue weighted by atomic mass is 9.95. The summed E-state index contributed by atoms with van der Waals surface area (Å²) in [7, 11) is 0. The van der Waals surface area contributed by atoms with Crippen LogP contribution in [0, 0.1) is 0 Å². The molecule has 2 rings (SSSR count). The maximum Gasteiger partial charge on any atom is 0.307 e. The molecule has 0 bridgehead atoms. The number of carboxylic acids is 1. The SMILES string of the molecule is CC1=C(CC(=O)O)CCC(OCc2ccccc2)=C1. The van der Waals surface area contributed by atoms with Crippen molar-refractivity contribution in [3.05, 3.63) is 58.9 Å². The molecule has 0 aliphatic heterocycles. The second kappa shape index (κ2) is 6.23. The van der Waals surface area contributed by atoms with E-state index in [4.69, 9.17) is 9.84 Å². The van der Waals surface area contributed by atoms with Gasteiger partial charge in [-0.25, -0.2) is 0 Å². The highest BCUT2D eigenvalue weighted by atomic mass is 16.5. The molecule has 3 heteroatoms. The first-order valence-corrected chi connectivity index (χ1v) is 6.43. The molecule has 19 heavy (non-hydrogen) atoms. The predicted octanol–water partition coefficient (Wildman–Crippen LogP) is 3.67. The predicted molar refractivity (Wildman–Crippen MR) is 73.5 cm³/mol. The molecule has 0 amide bonds. The van der Waals surface area contributed by atoms with Gasteiger partial charge in [0, 0.05) is 6.42 Å². The molecule has 0 radical (unpaired) electrons. The Labute approximate surface area is 113 Å². The van der Waals surface area contributed by atoms with E-state index in [2.05, 4.69) is 0 Å². The van der Waals surface area contributed by atoms with Crippen LogP contribution in [0.4, 0.5) is 0 Å². The van der Waals surface area contributed by atoms with Gasteiger partial charge in [0.25, 0.3) is 0 Å². The lowest BCUT2D eigenvalue weighted by Crippen LogP contribution is -2.05. The molecule has 1 aromatic rings. The third-order valence-corrected chi connectivity index (χ3v) is 3.24. The van der Waals surface area contributed by atoms with Crippen LogP contribution in [-0.4, -0.2) is 11.1 Å². The molecule has 0 atom stereocenters. The summed E-state index contributed by atoms with van der Waals surface area (Å²) in [6.07, 6.45) is 3.66. The van der Waals surface area contributed by atoms with E-state index in [0.717, 1.165) is 35.3 Å². The van der Waals surface area contributed by atoms with Crippen molar-refractivity contribution in [2.24, 2.45) is 0 Å². The van der Waals surface area contributed by atoms with Crippen molar-refractivity contribution in [1.82, 2.24) is 0 Å². The molecule has 0 saturated carbocycles. The number of carbonyl (C=O) groups is 1. The van der Waals surface area contributed by atoms with Gasteiger partial charge in [-0.2, -0.15) is 0 Å². The number of carboxylic acid groups (broad SMARTS) is 1. The molecule has 0 aromatic heterocycles. The Morgan fingerprint density at radius 3 is 2.63 bits per heavy atom. The van der Waals surface area contributed by atoms with Crippen molar-refractivity contribution in [3.8, 4) is 0 Å². The minimum Gasteiger partial charge on any atom is -0.493 e. The van der Waals surface area contributed by atoms with E-state index in [1.807, 2.05) is 43.3 Å². The first kappa shape index (κ1) is 13.4. The summed E-state index contributed by atoms with van der Waals surface area (Å²) >= 11 is 0. The molecule has 3 nitrogen and oxygen atoms in total. The highest BCUT2D eigenvalue weighted by Gasteiger charge is 2.14. The van der Waals surface area contributed by atoms with Crippen LogP contribution in [0.3, 0.4) is 0 Å². The normalized spacial score (nSPS) is 15.1. The average Bonchev–Trinajstić information content (AvgIpc) is 2.40. The Kier molecular flexibility index (Phi) is 4.39. The molecule has 0 fully saturated rings. The minimum absolute atomic E-state index is 0.133. The molecule has 1 N–H and O–H groups in total. The molecule has 100 valence electrons. The van der Waals surface area contributed by atoms with Gasteiger partial charge in [-0.1, -0.05) is 35.9 Å². The quantitative estimate of drug-likeness (QED) is 0.876. The second-order valence-corrected chi connectivity index (χ2v) is 4.74. The molecule has 1 aliphatic rings. The van der Waals surface area contributed by atoms with Crippen molar-refractivity contribution in [3.63, 3.8) is 0 Å². The first-order valence-electron chi connectivity index (χ1n) is 6.43. The van der Waals surface area contributed by atoms with E-state index in [-0.39, 0.29) is 6.42 Å². The molecule has 0 saturated heterocycles. The summed E-state index contributed by atoms with van der Waals surface area (Å²) in [5.41, 5.74) is 3.16. The fourth-order valence-corrected chi connectivity index (χ4v) is 2.16. The zero-order valence-electron chi connectivity index (χ0n) is 11.1. The largest absolute Gasteiger partial charge is 0.493 e. The summed E-state index contributed by atoms with van der Waals surface area (Å²) in [6, 6.07) is 10.0. The van der Waals surface area contributed by atoms with Gasteiger partial charge in [-0.15, -0.1) is 0 Å². The molecule has 0 heterocycles. The maximum absolute atomic E-state index is 10.7. The fourth-order valence-electron chi connectivity index (χ4n) is 2.16. The highest BCUT2D eigenvalue weighted by molar-refractivity contribution is 5.70. The van der Waals surface area contributed by atoms with E-state index < -0.39 is 5.97 Å². The van der Waals surface area contributed by atoms with Gasteiger partial charge in [0.2, 0.25) is 0 Å². The van der Waals surface area contributed by atoms with Gasteiger partial charge in [-0.05, 0) is 30.6 Å². The van der Waals surface area contributed by atoms with E-state index in [1.54, 1.807) is 0 Å². The average molecular weight is 258 g/mol. The van der Waals surface area contributed by atoms with Crippen LogP contribution in [0.1, 0.15) is 31.7 Å². The Morgan fingerprint density at radius 1 is 1.26 bits per heavy atom. The van der Waals surface area contributed by atoms with Crippen LogP contribution in [0.25, 0.3) is 0 Å². The zero-order chi connectivity index (χ0) is 13.7. The molecule has 1 aliphatic carbocycles. The van der Waals surface area contributed by atoms with Crippen LogP contribution in [0.2, 0.25) is 0 Å². The number of rotatable bonds is 5. The number of hydrogen-bond acceptors (Lipinski definition) is 2. The van der Waals surface area contributed by atoms with E-state index in [9.17, 15) is 4.79 Å². The lowest BCUT2D eigenvalue weighted by molar-refractivity contribution is -0.136. The van der Waals surface area contributed by atoms with Crippen molar-refractivity contribution in [2.75, 3.05) is 0 Å². The monoisotopic (exact) mass is 258 g/mol. The second-order valence-electron chi connectivity index (χ2n) is 4.74. The van der Waals surface area contributed by atoms with Crippen LogP contribution in [-0.2, 0) is 16.1 Å². The summed E-state index contributed by atoms with van der Waals surface area (Å²) in [5.74, 6) is 0.173. The van der Waals surface area contributed by atoms with Gasteiger partial charge >= 0.3 is 5.97 Å². The molecule has 0 spiro atoms. The number of benzene rings is 1. The smallest absolute Gasteiger partial charge is 0.307 e. The Morgan fingerprint density at radius 2 is 2.00 bits per heavy atom. The Balaban J connectivity index is 1.96. The fraction of sp³-hybridized carbons (Fsp3) is 0.312. The summed E-state index contributed by atoms with van der Waals surface area (Å²) in [6.45, 7) is 2.51. The highest BCUT2D eigenvalue weighted by Crippen LogP contribution is 2.27. The van der Waals surface area contributed by atoms with Crippen LogP contribution in [0.15, 0.2) is 53.3 Å². The Hall–Kier alpha value is -2.03. The minimum atomic E-state index is -0.767. The van der Waals surface area contributed by atoms with Gasteiger partial charge < -0.3 is 9.84 Å². The van der Waals surface area contributed by atoms with Gasteiger partial charge in [0.1, 0.15) is 6.61 Å². The van der Waals surface area contributed by atoms with E-state index in [0.29, 0.717) is 6.61 Å². The number of hydrogen-bond donors (Lipinski definition) is 1. The van der Waals surface area contributed by atoms with Crippen LogP contribution >= 0.6 is 0 Å². The molecular weight excluding hydrogens is 240 g/mol. The molecule has 1 aromatic carbocycles. The lowest BCUT2D eigenvalue weighted by Gasteiger charge is -2.18. The third-order valence-electron chi connectivity index (χ3n) is 3.24. The summed E-state index contributed by atoms with van der Waals surface area (Å²) < 4.78 is 5.77. The first-order chi connectivity index (χ1) is 9.15. The van der Waals surface area contributed by atoms with Crippen molar-refractivity contribution >= 4 is 5.97 Å². The number of ether oxygens (including phenoxy) is 1. The topological polar surface area (TPSA) is 46.5 Å². The maximum atomic E-state index is 10.7. The van der Waals surface area contributed by atoms with Crippen molar-refractivity contribution < 1.29 is 14.6 Å². The third kappa shape index (κ3) is 3.98. The zero-order valence-corrected chi connectivity index (χ0v) is 11.1. The standard InChI is InChI=1S/C16H18O3/c1-12-9-15(8-7-14(12)10-16(17)18)19-11-13-5-3-2-4-6-13/h2-6,9H,7-8,10-11H2,1H3,(H,17,18). The van der Waals surface area contributed by atoms with Crippen LogP contribution in [0.5, 0.6) is 0 Å². The van der Waals surface area contributed by atoms with E-state index in [1.165, 1.54) is 0 Å². The summed E-state index contributed by atoms with van der Waals surface area (Å²) in [5, 5.41) is 8.82. The summed E-state index contributed by atoms with van der Waals surface area (Å²) in [4.78, 5) is 10.7. The van der Waals surface area contributed by atoms with Crippen molar-refractivity contribution in [2.45, 2.75) is 32.8 Å². The van der Waals surface area contributed by atoms with Gasteiger partial charge in [0.15, 0.2) is 0 Å². The van der Waals surface area contributed by atoms with E-state index >= 15 is 0 Å². The van der Waals surface area contributed by atoms with Crippen LogP contribution < -0.4 is 0 Å². The Bertz CT molecular complexity index is 512. The van der Waals surface area contributed by atoms with Gasteiger partial charge in [-0.3, -0.25) is 4.79 Å². The van der Waals surface area contributed by atoms with Gasteiger partial charge in [0.05, 0.1) is 12.2 Å². The number of allylic oxidation sites excluding steroid dienone is 3. The number of aliphatic carboxylic acids is 1. The molecular formula is C16H18O3.